The Balaban J connectivity index is 2.08. The Morgan fingerprint density at radius 2 is 2.10 bits per heavy atom. The van der Waals surface area contributed by atoms with Crippen molar-refractivity contribution < 1.29 is 14.6 Å². The van der Waals surface area contributed by atoms with Crippen molar-refractivity contribution in [2.75, 3.05) is 7.11 Å². The van der Waals surface area contributed by atoms with E-state index >= 15 is 0 Å². The van der Waals surface area contributed by atoms with Gasteiger partial charge < -0.3 is 14.6 Å². The number of benzene rings is 1. The molecule has 1 aliphatic carbocycles. The molecule has 1 aromatic rings. The van der Waals surface area contributed by atoms with Crippen LogP contribution in [0.1, 0.15) is 57.6 Å². The van der Waals surface area contributed by atoms with Crippen LogP contribution in [0.4, 0.5) is 0 Å². The highest BCUT2D eigenvalue weighted by molar-refractivity contribution is 5.43. The van der Waals surface area contributed by atoms with Gasteiger partial charge in [0.25, 0.3) is 0 Å². The zero-order chi connectivity index (χ0) is 14.5. The van der Waals surface area contributed by atoms with Gasteiger partial charge in [0.2, 0.25) is 0 Å². The van der Waals surface area contributed by atoms with Crippen LogP contribution >= 0.6 is 0 Å². The molecule has 0 saturated heterocycles. The van der Waals surface area contributed by atoms with Crippen molar-refractivity contribution in [2.45, 2.75) is 58.2 Å². The molecule has 0 heterocycles. The summed E-state index contributed by atoms with van der Waals surface area (Å²) in [5.74, 6) is 2.29. The highest BCUT2D eigenvalue weighted by Crippen LogP contribution is 2.35. The lowest BCUT2D eigenvalue weighted by atomic mass is 9.85. The highest BCUT2D eigenvalue weighted by Gasteiger charge is 2.23. The van der Waals surface area contributed by atoms with Crippen molar-refractivity contribution in [1.29, 1.82) is 0 Å². The topological polar surface area (TPSA) is 38.7 Å². The normalized spacial score (nSPS) is 24.2. The summed E-state index contributed by atoms with van der Waals surface area (Å²) in [6, 6.07) is 5.68. The molecule has 0 radical (unpaired) electrons. The van der Waals surface area contributed by atoms with E-state index in [1.54, 1.807) is 14.0 Å². The Morgan fingerprint density at radius 1 is 1.30 bits per heavy atom. The maximum atomic E-state index is 9.63. The SMILES string of the molecule is CCC1CCCC(Oc2ccc([C@H](C)O)cc2OC)C1. The molecule has 1 N–H and O–H groups in total. The van der Waals surface area contributed by atoms with Crippen LogP contribution in [0.5, 0.6) is 11.5 Å². The van der Waals surface area contributed by atoms with E-state index < -0.39 is 6.10 Å². The number of ether oxygens (including phenoxy) is 2. The molecule has 2 unspecified atom stereocenters. The van der Waals surface area contributed by atoms with Crippen molar-refractivity contribution >= 4 is 0 Å². The van der Waals surface area contributed by atoms with Gasteiger partial charge in [-0.1, -0.05) is 25.8 Å². The zero-order valence-electron chi connectivity index (χ0n) is 12.8. The fourth-order valence-corrected chi connectivity index (χ4v) is 2.94. The van der Waals surface area contributed by atoms with Crippen LogP contribution in [0.15, 0.2) is 18.2 Å². The Labute approximate surface area is 121 Å². The first-order valence-electron chi connectivity index (χ1n) is 7.66. The van der Waals surface area contributed by atoms with Crippen LogP contribution in [0.3, 0.4) is 0 Å². The summed E-state index contributed by atoms with van der Waals surface area (Å²) >= 11 is 0. The minimum atomic E-state index is -0.489. The monoisotopic (exact) mass is 278 g/mol. The molecule has 0 aromatic heterocycles. The van der Waals surface area contributed by atoms with Crippen LogP contribution in [0, 0.1) is 5.92 Å². The quantitative estimate of drug-likeness (QED) is 0.881. The summed E-state index contributed by atoms with van der Waals surface area (Å²) in [6.45, 7) is 4.01. The van der Waals surface area contributed by atoms with Gasteiger partial charge in [0.15, 0.2) is 11.5 Å². The fourth-order valence-electron chi connectivity index (χ4n) is 2.94. The van der Waals surface area contributed by atoms with E-state index in [9.17, 15) is 5.11 Å². The van der Waals surface area contributed by atoms with E-state index in [-0.39, 0.29) is 0 Å². The second-order valence-electron chi connectivity index (χ2n) is 5.77. The minimum Gasteiger partial charge on any atom is -0.493 e. The van der Waals surface area contributed by atoms with Crippen LogP contribution in [0.25, 0.3) is 0 Å². The van der Waals surface area contributed by atoms with Crippen LogP contribution in [-0.4, -0.2) is 18.3 Å². The fraction of sp³-hybridized carbons (Fsp3) is 0.647. The lowest BCUT2D eigenvalue weighted by Crippen LogP contribution is -2.25. The van der Waals surface area contributed by atoms with Gasteiger partial charge >= 0.3 is 0 Å². The first kappa shape index (κ1) is 15.2. The molecule has 0 amide bonds. The lowest BCUT2D eigenvalue weighted by Gasteiger charge is -2.29. The molecular weight excluding hydrogens is 252 g/mol. The van der Waals surface area contributed by atoms with E-state index in [0.717, 1.165) is 30.1 Å². The third-order valence-corrected chi connectivity index (χ3v) is 4.28. The van der Waals surface area contributed by atoms with E-state index in [0.29, 0.717) is 11.9 Å². The number of aliphatic hydroxyl groups is 1. The molecule has 1 aromatic carbocycles. The van der Waals surface area contributed by atoms with E-state index in [2.05, 4.69) is 6.92 Å². The summed E-state index contributed by atoms with van der Waals surface area (Å²) in [7, 11) is 1.64. The maximum Gasteiger partial charge on any atom is 0.161 e. The van der Waals surface area contributed by atoms with Crippen molar-refractivity contribution in [3.05, 3.63) is 23.8 Å². The smallest absolute Gasteiger partial charge is 0.161 e. The molecule has 3 nitrogen and oxygen atoms in total. The number of hydrogen-bond acceptors (Lipinski definition) is 3. The molecule has 20 heavy (non-hydrogen) atoms. The molecule has 112 valence electrons. The number of aliphatic hydroxyl groups excluding tert-OH is 1. The van der Waals surface area contributed by atoms with E-state index in [4.69, 9.17) is 9.47 Å². The molecule has 1 saturated carbocycles. The van der Waals surface area contributed by atoms with Crippen molar-refractivity contribution in [1.82, 2.24) is 0 Å². The summed E-state index contributed by atoms with van der Waals surface area (Å²) in [5, 5.41) is 9.63. The summed E-state index contributed by atoms with van der Waals surface area (Å²) in [5.41, 5.74) is 0.851. The third-order valence-electron chi connectivity index (χ3n) is 4.28. The van der Waals surface area contributed by atoms with Crippen molar-refractivity contribution in [3.8, 4) is 11.5 Å². The molecule has 0 bridgehead atoms. The average Bonchev–Trinajstić information content (AvgIpc) is 2.47. The van der Waals surface area contributed by atoms with Gasteiger partial charge in [0.05, 0.1) is 19.3 Å². The van der Waals surface area contributed by atoms with Crippen molar-refractivity contribution in [2.24, 2.45) is 5.92 Å². The summed E-state index contributed by atoms with van der Waals surface area (Å²) in [6.07, 6.45) is 5.87. The van der Waals surface area contributed by atoms with Gasteiger partial charge in [-0.15, -0.1) is 0 Å². The van der Waals surface area contributed by atoms with Gasteiger partial charge in [-0.05, 0) is 49.8 Å². The highest BCUT2D eigenvalue weighted by atomic mass is 16.5. The van der Waals surface area contributed by atoms with E-state index in [1.165, 1.54) is 19.3 Å². The Morgan fingerprint density at radius 3 is 2.75 bits per heavy atom. The Kier molecular flexibility index (Phi) is 5.30. The molecule has 3 heteroatoms. The molecular formula is C17H26O3. The Bertz CT molecular complexity index is 428. The predicted molar refractivity (Wildman–Crippen MR) is 80.3 cm³/mol. The first-order chi connectivity index (χ1) is 9.63. The Hall–Kier alpha value is -1.22. The third kappa shape index (κ3) is 3.66. The number of rotatable bonds is 5. The van der Waals surface area contributed by atoms with Crippen LogP contribution in [-0.2, 0) is 0 Å². The van der Waals surface area contributed by atoms with Gasteiger partial charge in [0, 0.05) is 0 Å². The second kappa shape index (κ2) is 6.98. The molecule has 3 atom stereocenters. The van der Waals surface area contributed by atoms with Gasteiger partial charge in [-0.2, -0.15) is 0 Å². The van der Waals surface area contributed by atoms with Gasteiger partial charge in [-0.25, -0.2) is 0 Å². The summed E-state index contributed by atoms with van der Waals surface area (Å²) in [4.78, 5) is 0. The number of hydrogen-bond donors (Lipinski definition) is 1. The molecule has 1 fully saturated rings. The van der Waals surface area contributed by atoms with E-state index in [1.807, 2.05) is 18.2 Å². The molecule has 1 aliphatic rings. The van der Waals surface area contributed by atoms with Crippen LogP contribution < -0.4 is 9.47 Å². The minimum absolute atomic E-state index is 0.292. The summed E-state index contributed by atoms with van der Waals surface area (Å²) < 4.78 is 11.5. The van der Waals surface area contributed by atoms with Gasteiger partial charge in [-0.3, -0.25) is 0 Å². The largest absolute Gasteiger partial charge is 0.493 e. The van der Waals surface area contributed by atoms with Crippen molar-refractivity contribution in [3.63, 3.8) is 0 Å². The molecule has 0 aliphatic heterocycles. The molecule has 0 spiro atoms. The predicted octanol–water partition coefficient (Wildman–Crippen LogP) is 4.10. The standard InChI is InChI=1S/C17H26O3/c1-4-13-6-5-7-15(10-13)20-16-9-8-14(12(2)18)11-17(16)19-3/h8-9,11-13,15,18H,4-7,10H2,1-3H3/t12-,13?,15?/m0/s1. The van der Waals surface area contributed by atoms with Crippen LogP contribution in [0.2, 0.25) is 0 Å². The molecule has 2 rings (SSSR count). The number of methoxy groups -OCH3 is 1. The van der Waals surface area contributed by atoms with Gasteiger partial charge in [0.1, 0.15) is 0 Å². The zero-order valence-corrected chi connectivity index (χ0v) is 12.8. The first-order valence-corrected chi connectivity index (χ1v) is 7.66. The average molecular weight is 278 g/mol. The maximum absolute atomic E-state index is 9.63. The lowest BCUT2D eigenvalue weighted by molar-refractivity contribution is 0.118. The second-order valence-corrected chi connectivity index (χ2v) is 5.77.